The summed E-state index contributed by atoms with van der Waals surface area (Å²) in [5.41, 5.74) is 3.35. The van der Waals surface area contributed by atoms with Gasteiger partial charge in [0.05, 0.1) is 18.2 Å². The standard InChI is InChI=1S/C23H23N5O3/c24-12-4-7-19(23(30)31)14-20(26-22(29)21-15-25-28-27-21)13-16-8-10-18(11-9-16)17-5-2-1-3-6-17/h1-3,5-6,8-11,15,19-20H,4,7,13-14H2,(H,26,29)(H,30,31)(H,25,27,28)/t19-,20-/m1/s1. The highest BCUT2D eigenvalue weighted by Gasteiger charge is 2.24. The van der Waals surface area contributed by atoms with Crippen molar-refractivity contribution in [3.8, 4) is 17.2 Å². The zero-order chi connectivity index (χ0) is 22.1. The number of aromatic amines is 1. The summed E-state index contributed by atoms with van der Waals surface area (Å²) >= 11 is 0. The second-order valence-electron chi connectivity index (χ2n) is 7.28. The molecule has 8 heteroatoms. The zero-order valence-corrected chi connectivity index (χ0v) is 16.9. The summed E-state index contributed by atoms with van der Waals surface area (Å²) in [6.45, 7) is 0. The van der Waals surface area contributed by atoms with E-state index in [9.17, 15) is 14.7 Å². The van der Waals surface area contributed by atoms with Gasteiger partial charge in [0, 0.05) is 12.5 Å². The van der Waals surface area contributed by atoms with E-state index in [-0.39, 0.29) is 25.0 Å². The van der Waals surface area contributed by atoms with Gasteiger partial charge in [0.2, 0.25) is 0 Å². The molecule has 31 heavy (non-hydrogen) atoms. The highest BCUT2D eigenvalue weighted by atomic mass is 16.4. The van der Waals surface area contributed by atoms with Crippen LogP contribution in [-0.2, 0) is 11.2 Å². The third-order valence-corrected chi connectivity index (χ3v) is 5.06. The van der Waals surface area contributed by atoms with Crippen molar-refractivity contribution in [1.29, 1.82) is 5.26 Å². The number of benzene rings is 2. The Balaban J connectivity index is 1.75. The van der Waals surface area contributed by atoms with Crippen molar-refractivity contribution in [3.05, 3.63) is 72.1 Å². The number of aromatic nitrogens is 3. The van der Waals surface area contributed by atoms with E-state index in [1.807, 2.05) is 60.7 Å². The third-order valence-electron chi connectivity index (χ3n) is 5.06. The summed E-state index contributed by atoms with van der Waals surface area (Å²) in [5, 5.41) is 30.9. The number of nitrogens with one attached hydrogen (secondary N) is 2. The average Bonchev–Trinajstić information content (AvgIpc) is 3.32. The minimum absolute atomic E-state index is 0.147. The molecule has 0 saturated heterocycles. The number of H-pyrrole nitrogens is 1. The topological polar surface area (TPSA) is 132 Å². The third kappa shape index (κ3) is 6.24. The fourth-order valence-electron chi connectivity index (χ4n) is 3.44. The van der Waals surface area contributed by atoms with Crippen molar-refractivity contribution in [2.75, 3.05) is 0 Å². The molecule has 8 nitrogen and oxygen atoms in total. The number of rotatable bonds is 10. The van der Waals surface area contributed by atoms with Crippen LogP contribution in [0.2, 0.25) is 0 Å². The van der Waals surface area contributed by atoms with Crippen LogP contribution in [0.5, 0.6) is 0 Å². The fourth-order valence-corrected chi connectivity index (χ4v) is 3.44. The summed E-state index contributed by atoms with van der Waals surface area (Å²) in [6, 6.07) is 19.5. The first-order chi connectivity index (χ1) is 15.1. The summed E-state index contributed by atoms with van der Waals surface area (Å²) in [4.78, 5) is 24.1. The van der Waals surface area contributed by atoms with Crippen LogP contribution < -0.4 is 5.32 Å². The van der Waals surface area contributed by atoms with Gasteiger partial charge >= 0.3 is 5.97 Å². The van der Waals surface area contributed by atoms with E-state index >= 15 is 0 Å². The van der Waals surface area contributed by atoms with Crippen molar-refractivity contribution < 1.29 is 14.7 Å². The van der Waals surface area contributed by atoms with Crippen LogP contribution >= 0.6 is 0 Å². The van der Waals surface area contributed by atoms with Crippen LogP contribution in [-0.4, -0.2) is 38.4 Å². The van der Waals surface area contributed by atoms with Gasteiger partial charge in [-0.25, -0.2) is 0 Å². The van der Waals surface area contributed by atoms with E-state index in [0.717, 1.165) is 16.7 Å². The second-order valence-corrected chi connectivity index (χ2v) is 7.28. The Morgan fingerprint density at radius 3 is 2.42 bits per heavy atom. The quantitative estimate of drug-likeness (QED) is 0.464. The van der Waals surface area contributed by atoms with Gasteiger partial charge in [-0.05, 0) is 36.0 Å². The SMILES string of the molecule is N#CCC[C@H](C[C@@H](Cc1ccc(-c2ccccc2)cc1)NC(=O)c1cnn[nH]1)C(=O)O. The van der Waals surface area contributed by atoms with Crippen LogP contribution in [0.1, 0.15) is 35.3 Å². The number of nitrogens with zero attached hydrogens (tertiary/aromatic N) is 3. The second kappa shape index (κ2) is 10.7. The Kier molecular flexibility index (Phi) is 7.49. The minimum atomic E-state index is -0.975. The maximum atomic E-state index is 12.5. The molecule has 0 bridgehead atoms. The molecule has 0 aliphatic rings. The Morgan fingerprint density at radius 1 is 1.10 bits per heavy atom. The Labute approximate surface area is 179 Å². The summed E-state index contributed by atoms with van der Waals surface area (Å²) < 4.78 is 0. The molecule has 0 aliphatic carbocycles. The van der Waals surface area contributed by atoms with Crippen molar-refractivity contribution in [3.63, 3.8) is 0 Å². The van der Waals surface area contributed by atoms with E-state index < -0.39 is 23.8 Å². The highest BCUT2D eigenvalue weighted by molar-refractivity contribution is 5.92. The number of aliphatic carboxylic acids is 1. The van der Waals surface area contributed by atoms with Crippen molar-refractivity contribution in [2.24, 2.45) is 5.92 Å². The van der Waals surface area contributed by atoms with E-state index in [1.54, 1.807) is 0 Å². The number of amides is 1. The molecule has 158 valence electrons. The average molecular weight is 417 g/mol. The lowest BCUT2D eigenvalue weighted by molar-refractivity contribution is -0.142. The van der Waals surface area contributed by atoms with Crippen molar-refractivity contribution in [2.45, 2.75) is 31.7 Å². The summed E-state index contributed by atoms with van der Waals surface area (Å²) in [6.07, 6.45) is 2.36. The van der Waals surface area contributed by atoms with Gasteiger partial charge in [-0.1, -0.05) is 59.8 Å². The van der Waals surface area contributed by atoms with Gasteiger partial charge in [0.1, 0.15) is 5.69 Å². The molecule has 2 atom stereocenters. The van der Waals surface area contributed by atoms with Crippen molar-refractivity contribution >= 4 is 11.9 Å². The van der Waals surface area contributed by atoms with E-state index in [1.165, 1.54) is 6.20 Å². The Hall–Kier alpha value is -3.99. The molecule has 0 spiro atoms. The monoisotopic (exact) mass is 417 g/mol. The van der Waals surface area contributed by atoms with Gasteiger partial charge in [-0.15, -0.1) is 5.10 Å². The first kappa shape index (κ1) is 21.7. The molecular weight excluding hydrogens is 394 g/mol. The lowest BCUT2D eigenvalue weighted by Crippen LogP contribution is -2.39. The summed E-state index contributed by atoms with van der Waals surface area (Å²) in [7, 11) is 0. The normalized spacial score (nSPS) is 12.5. The first-order valence-corrected chi connectivity index (χ1v) is 9.98. The number of hydrogen-bond acceptors (Lipinski definition) is 5. The molecule has 3 rings (SSSR count). The van der Waals surface area contributed by atoms with Crippen LogP contribution in [0.3, 0.4) is 0 Å². The molecule has 1 amide bonds. The summed E-state index contributed by atoms with van der Waals surface area (Å²) in [5.74, 6) is -2.11. The van der Waals surface area contributed by atoms with Gasteiger partial charge < -0.3 is 10.4 Å². The van der Waals surface area contributed by atoms with E-state index in [0.29, 0.717) is 6.42 Å². The van der Waals surface area contributed by atoms with Gasteiger partial charge in [0.15, 0.2) is 0 Å². The molecular formula is C23H23N5O3. The van der Waals surface area contributed by atoms with Crippen LogP contribution in [0.15, 0.2) is 60.8 Å². The number of hydrogen-bond donors (Lipinski definition) is 3. The molecule has 3 aromatic rings. The van der Waals surface area contributed by atoms with Gasteiger partial charge in [-0.3, -0.25) is 14.7 Å². The lowest BCUT2D eigenvalue weighted by Gasteiger charge is -2.22. The Morgan fingerprint density at radius 2 is 1.81 bits per heavy atom. The maximum Gasteiger partial charge on any atom is 0.306 e. The molecule has 3 N–H and O–H groups in total. The first-order valence-electron chi connectivity index (χ1n) is 9.98. The van der Waals surface area contributed by atoms with E-state index in [2.05, 4.69) is 20.7 Å². The molecule has 0 unspecified atom stereocenters. The number of carboxylic acids is 1. The minimum Gasteiger partial charge on any atom is -0.481 e. The van der Waals surface area contributed by atoms with Crippen LogP contribution in [0, 0.1) is 17.2 Å². The molecule has 1 heterocycles. The van der Waals surface area contributed by atoms with E-state index in [4.69, 9.17) is 5.26 Å². The van der Waals surface area contributed by atoms with Crippen molar-refractivity contribution in [1.82, 2.24) is 20.7 Å². The smallest absolute Gasteiger partial charge is 0.306 e. The molecule has 2 aromatic carbocycles. The molecule has 0 aliphatic heterocycles. The molecule has 0 fully saturated rings. The fraction of sp³-hybridized carbons (Fsp3) is 0.261. The number of nitriles is 1. The zero-order valence-electron chi connectivity index (χ0n) is 16.9. The molecule has 0 radical (unpaired) electrons. The van der Waals surface area contributed by atoms with Crippen LogP contribution in [0.25, 0.3) is 11.1 Å². The maximum absolute atomic E-state index is 12.5. The number of carbonyl (C=O) groups is 2. The predicted molar refractivity (Wildman–Crippen MR) is 114 cm³/mol. The predicted octanol–water partition coefficient (Wildman–Crippen LogP) is 3.21. The molecule has 0 saturated carbocycles. The lowest BCUT2D eigenvalue weighted by atomic mass is 9.91. The number of carbonyl (C=O) groups excluding carboxylic acids is 1. The largest absolute Gasteiger partial charge is 0.481 e. The number of carboxylic acid groups (broad SMARTS) is 1. The Bertz CT molecular complexity index is 1030. The van der Waals surface area contributed by atoms with Crippen LogP contribution in [0.4, 0.5) is 0 Å². The highest BCUT2D eigenvalue weighted by Crippen LogP contribution is 2.22. The van der Waals surface area contributed by atoms with Gasteiger partial charge in [-0.2, -0.15) is 5.26 Å². The molecule has 1 aromatic heterocycles. The van der Waals surface area contributed by atoms with Gasteiger partial charge in [0.25, 0.3) is 5.91 Å².